The van der Waals surface area contributed by atoms with Crippen LogP contribution in [-0.2, 0) is 0 Å². The molecule has 0 heterocycles. The topological polar surface area (TPSA) is 0 Å². The van der Waals surface area contributed by atoms with Crippen LogP contribution in [0.15, 0.2) is 0 Å². The monoisotopic (exact) mass is 210 g/mol. The summed E-state index contributed by atoms with van der Waals surface area (Å²) in [6, 6.07) is 0. The van der Waals surface area contributed by atoms with E-state index in [0.29, 0.717) is 0 Å². The van der Waals surface area contributed by atoms with Crippen LogP contribution >= 0.6 is 0 Å². The van der Waals surface area contributed by atoms with Gasteiger partial charge < -0.3 is 0 Å². The van der Waals surface area contributed by atoms with Crippen LogP contribution in [0.25, 0.3) is 0 Å². The molecule has 0 aromatic rings. The molecule has 0 aromatic heterocycles. The highest BCUT2D eigenvalue weighted by Gasteiger charge is 2.29. The van der Waals surface area contributed by atoms with Crippen molar-refractivity contribution in [3.05, 3.63) is 0 Å². The zero-order valence-corrected chi connectivity index (χ0v) is 11.3. The predicted octanol–water partition coefficient (Wildman–Crippen LogP) is 5.28. The van der Waals surface area contributed by atoms with Gasteiger partial charge in [0.2, 0.25) is 0 Å². The molecule has 1 fully saturated rings. The summed E-state index contributed by atoms with van der Waals surface area (Å²) in [5.41, 5.74) is 0. The molecule has 0 amide bonds. The standard InChI is InChI=1S/C15H30/c1-5-12(4)15(7-3)14-10-8-9-13(6-2)11-14/h12-15H,5-11H2,1-4H3. The predicted molar refractivity (Wildman–Crippen MR) is 69.0 cm³/mol. The van der Waals surface area contributed by atoms with Gasteiger partial charge in [0.05, 0.1) is 0 Å². The summed E-state index contributed by atoms with van der Waals surface area (Å²) in [6.07, 6.45) is 10.2. The van der Waals surface area contributed by atoms with Crippen LogP contribution in [0, 0.1) is 23.7 Å². The second kappa shape index (κ2) is 6.55. The second-order valence-corrected chi connectivity index (χ2v) is 5.66. The Balaban J connectivity index is 2.51. The molecule has 0 heteroatoms. The Labute approximate surface area is 96.8 Å². The van der Waals surface area contributed by atoms with Crippen molar-refractivity contribution in [3.63, 3.8) is 0 Å². The maximum Gasteiger partial charge on any atom is -0.0363 e. The van der Waals surface area contributed by atoms with Crippen LogP contribution in [0.3, 0.4) is 0 Å². The van der Waals surface area contributed by atoms with Gasteiger partial charge in [0, 0.05) is 0 Å². The molecule has 4 atom stereocenters. The molecule has 0 bridgehead atoms. The molecule has 0 radical (unpaired) electrons. The number of hydrogen-bond donors (Lipinski definition) is 0. The summed E-state index contributed by atoms with van der Waals surface area (Å²) in [5.74, 6) is 4.03. The Morgan fingerprint density at radius 3 is 2.33 bits per heavy atom. The van der Waals surface area contributed by atoms with E-state index in [4.69, 9.17) is 0 Å². The smallest absolute Gasteiger partial charge is 0.0363 e. The van der Waals surface area contributed by atoms with E-state index in [-0.39, 0.29) is 0 Å². The summed E-state index contributed by atoms with van der Waals surface area (Å²) in [4.78, 5) is 0. The molecule has 15 heavy (non-hydrogen) atoms. The zero-order chi connectivity index (χ0) is 11.3. The van der Waals surface area contributed by atoms with Gasteiger partial charge in [0.1, 0.15) is 0 Å². The summed E-state index contributed by atoms with van der Waals surface area (Å²) >= 11 is 0. The van der Waals surface area contributed by atoms with Crippen LogP contribution in [0.4, 0.5) is 0 Å². The molecular formula is C15H30. The van der Waals surface area contributed by atoms with Gasteiger partial charge in [-0.1, -0.05) is 66.2 Å². The minimum Gasteiger partial charge on any atom is -0.0651 e. The van der Waals surface area contributed by atoms with E-state index in [9.17, 15) is 0 Å². The lowest BCUT2D eigenvalue weighted by Gasteiger charge is -2.36. The molecule has 90 valence electrons. The van der Waals surface area contributed by atoms with Crippen LogP contribution in [0.2, 0.25) is 0 Å². The number of hydrogen-bond acceptors (Lipinski definition) is 0. The summed E-state index contributed by atoms with van der Waals surface area (Å²) in [7, 11) is 0. The van der Waals surface area contributed by atoms with E-state index in [1.165, 1.54) is 44.9 Å². The average molecular weight is 210 g/mol. The van der Waals surface area contributed by atoms with Gasteiger partial charge in [-0.3, -0.25) is 0 Å². The fraction of sp³-hybridized carbons (Fsp3) is 1.00. The normalized spacial score (nSPS) is 31.2. The first-order chi connectivity index (χ1) is 7.22. The lowest BCUT2D eigenvalue weighted by Crippen LogP contribution is -2.26. The third-order valence-electron chi connectivity index (χ3n) is 4.85. The van der Waals surface area contributed by atoms with Gasteiger partial charge in [-0.2, -0.15) is 0 Å². The minimum absolute atomic E-state index is 0.940. The van der Waals surface area contributed by atoms with E-state index in [1.54, 1.807) is 0 Å². The van der Waals surface area contributed by atoms with Crippen molar-refractivity contribution < 1.29 is 0 Å². The SMILES string of the molecule is CCC1CCCC(C(CC)C(C)CC)C1. The molecule has 0 aliphatic heterocycles. The van der Waals surface area contributed by atoms with Gasteiger partial charge in [-0.15, -0.1) is 0 Å². The van der Waals surface area contributed by atoms with Crippen molar-refractivity contribution in [2.24, 2.45) is 23.7 Å². The molecule has 1 saturated carbocycles. The van der Waals surface area contributed by atoms with Crippen molar-refractivity contribution in [2.45, 2.75) is 72.6 Å². The molecule has 0 aromatic carbocycles. The summed E-state index contributed by atoms with van der Waals surface area (Å²) < 4.78 is 0. The molecule has 1 aliphatic rings. The van der Waals surface area contributed by atoms with Gasteiger partial charge in [0.25, 0.3) is 0 Å². The fourth-order valence-corrected chi connectivity index (χ4v) is 3.60. The van der Waals surface area contributed by atoms with Crippen molar-refractivity contribution in [3.8, 4) is 0 Å². The molecule has 0 nitrogen and oxygen atoms in total. The summed E-state index contributed by atoms with van der Waals surface area (Å²) in [5, 5.41) is 0. The summed E-state index contributed by atoms with van der Waals surface area (Å²) in [6.45, 7) is 9.58. The molecule has 0 saturated heterocycles. The van der Waals surface area contributed by atoms with E-state index >= 15 is 0 Å². The molecule has 0 spiro atoms. The third-order valence-corrected chi connectivity index (χ3v) is 4.85. The van der Waals surface area contributed by atoms with E-state index < -0.39 is 0 Å². The highest BCUT2D eigenvalue weighted by Crippen LogP contribution is 2.40. The van der Waals surface area contributed by atoms with Gasteiger partial charge in [0.15, 0.2) is 0 Å². The van der Waals surface area contributed by atoms with E-state index in [2.05, 4.69) is 27.7 Å². The minimum atomic E-state index is 0.940. The third kappa shape index (κ3) is 3.50. The fourth-order valence-electron chi connectivity index (χ4n) is 3.60. The maximum absolute atomic E-state index is 2.46. The zero-order valence-electron chi connectivity index (χ0n) is 11.3. The molecular weight excluding hydrogens is 180 g/mol. The van der Waals surface area contributed by atoms with Crippen molar-refractivity contribution in [1.82, 2.24) is 0 Å². The molecule has 1 aliphatic carbocycles. The Morgan fingerprint density at radius 2 is 1.80 bits per heavy atom. The average Bonchev–Trinajstić information content (AvgIpc) is 2.30. The van der Waals surface area contributed by atoms with Gasteiger partial charge in [-0.25, -0.2) is 0 Å². The van der Waals surface area contributed by atoms with Crippen molar-refractivity contribution >= 4 is 0 Å². The Hall–Kier alpha value is 0. The largest absolute Gasteiger partial charge is 0.0651 e. The highest BCUT2D eigenvalue weighted by atomic mass is 14.3. The maximum atomic E-state index is 2.46. The number of rotatable bonds is 5. The van der Waals surface area contributed by atoms with E-state index in [1.807, 2.05) is 0 Å². The quantitative estimate of drug-likeness (QED) is 0.579. The highest BCUT2D eigenvalue weighted by molar-refractivity contribution is 4.79. The molecule has 4 unspecified atom stereocenters. The van der Waals surface area contributed by atoms with Crippen LogP contribution in [0.1, 0.15) is 72.6 Å². The van der Waals surface area contributed by atoms with E-state index in [0.717, 1.165) is 23.7 Å². The molecule has 0 N–H and O–H groups in total. The first kappa shape index (κ1) is 13.1. The Morgan fingerprint density at radius 1 is 1.07 bits per heavy atom. The lowest BCUT2D eigenvalue weighted by atomic mass is 9.69. The Kier molecular flexibility index (Phi) is 5.71. The first-order valence-electron chi connectivity index (χ1n) is 7.22. The van der Waals surface area contributed by atoms with Crippen LogP contribution in [-0.4, -0.2) is 0 Å². The van der Waals surface area contributed by atoms with Gasteiger partial charge in [-0.05, 0) is 30.1 Å². The lowest BCUT2D eigenvalue weighted by molar-refractivity contribution is 0.143. The van der Waals surface area contributed by atoms with Crippen molar-refractivity contribution in [1.29, 1.82) is 0 Å². The van der Waals surface area contributed by atoms with Crippen LogP contribution < -0.4 is 0 Å². The second-order valence-electron chi connectivity index (χ2n) is 5.66. The van der Waals surface area contributed by atoms with Crippen LogP contribution in [0.5, 0.6) is 0 Å². The Bertz CT molecular complexity index is 161. The first-order valence-corrected chi connectivity index (χ1v) is 7.22. The molecule has 1 rings (SSSR count). The van der Waals surface area contributed by atoms with Gasteiger partial charge >= 0.3 is 0 Å². The van der Waals surface area contributed by atoms with Crippen molar-refractivity contribution in [2.75, 3.05) is 0 Å².